The van der Waals surface area contributed by atoms with Gasteiger partial charge in [-0.15, -0.1) is 0 Å². The Morgan fingerprint density at radius 1 is 1.10 bits per heavy atom. The predicted octanol–water partition coefficient (Wildman–Crippen LogP) is 1.42. The molecule has 0 aliphatic heterocycles. The first kappa shape index (κ1) is 15.5. The zero-order chi connectivity index (χ0) is 15.3. The van der Waals surface area contributed by atoms with E-state index in [9.17, 15) is 13.5 Å². The molecule has 6 heteroatoms. The van der Waals surface area contributed by atoms with Crippen LogP contribution in [0.4, 0.5) is 5.69 Å². The number of benzene rings is 2. The minimum atomic E-state index is -3.58. The van der Waals surface area contributed by atoms with E-state index < -0.39 is 16.1 Å². The molecule has 0 aliphatic carbocycles. The molecule has 112 valence electrons. The van der Waals surface area contributed by atoms with Crippen molar-refractivity contribution in [2.75, 3.05) is 12.3 Å². The Kier molecular flexibility index (Phi) is 4.95. The Bertz CT molecular complexity index is 687. The van der Waals surface area contributed by atoms with Gasteiger partial charge in [0, 0.05) is 5.69 Å². The first-order valence-electron chi connectivity index (χ1n) is 6.50. The summed E-state index contributed by atoms with van der Waals surface area (Å²) in [5.74, 6) is -0.179. The van der Waals surface area contributed by atoms with Gasteiger partial charge < -0.3 is 10.8 Å². The first-order valence-corrected chi connectivity index (χ1v) is 8.15. The van der Waals surface area contributed by atoms with Gasteiger partial charge in [-0.25, -0.2) is 13.1 Å². The van der Waals surface area contributed by atoms with Crippen molar-refractivity contribution in [1.29, 1.82) is 0 Å². The second-order valence-corrected chi connectivity index (χ2v) is 6.52. The van der Waals surface area contributed by atoms with Crippen LogP contribution >= 0.6 is 0 Å². The van der Waals surface area contributed by atoms with Gasteiger partial charge in [0.15, 0.2) is 0 Å². The molecule has 0 aromatic heterocycles. The fourth-order valence-electron chi connectivity index (χ4n) is 2.06. The molecule has 0 saturated carbocycles. The lowest BCUT2D eigenvalue weighted by atomic mass is 10.1. The topological polar surface area (TPSA) is 92.4 Å². The molecule has 2 aromatic carbocycles. The average Bonchev–Trinajstić information content (AvgIpc) is 2.45. The third kappa shape index (κ3) is 4.56. The van der Waals surface area contributed by atoms with Crippen LogP contribution in [0.5, 0.6) is 0 Å². The lowest BCUT2D eigenvalue weighted by Gasteiger charge is -2.17. The summed E-state index contributed by atoms with van der Waals surface area (Å²) in [4.78, 5) is 0. The van der Waals surface area contributed by atoms with Crippen LogP contribution < -0.4 is 10.5 Å². The molecule has 5 nitrogen and oxygen atoms in total. The number of hydrogen-bond donors (Lipinski definition) is 3. The van der Waals surface area contributed by atoms with E-state index in [-0.39, 0.29) is 12.4 Å². The number of aliphatic hydroxyl groups is 1. The molecule has 4 N–H and O–H groups in total. The number of hydrogen-bond acceptors (Lipinski definition) is 4. The number of rotatable bonds is 6. The van der Waals surface area contributed by atoms with Gasteiger partial charge in [0.2, 0.25) is 10.0 Å². The van der Waals surface area contributed by atoms with Crippen molar-refractivity contribution >= 4 is 15.7 Å². The highest BCUT2D eigenvalue weighted by molar-refractivity contribution is 7.88. The molecule has 0 unspecified atom stereocenters. The Labute approximate surface area is 124 Å². The Morgan fingerprint density at radius 2 is 1.81 bits per heavy atom. The number of nitrogen functional groups attached to an aromatic ring is 1. The van der Waals surface area contributed by atoms with Crippen molar-refractivity contribution in [3.63, 3.8) is 0 Å². The van der Waals surface area contributed by atoms with Gasteiger partial charge in [-0.1, -0.05) is 42.5 Å². The zero-order valence-electron chi connectivity index (χ0n) is 11.4. The van der Waals surface area contributed by atoms with Crippen molar-refractivity contribution in [3.05, 3.63) is 65.7 Å². The van der Waals surface area contributed by atoms with E-state index in [2.05, 4.69) is 4.72 Å². The summed E-state index contributed by atoms with van der Waals surface area (Å²) in [7, 11) is -3.58. The first-order chi connectivity index (χ1) is 10.00. The molecule has 0 heterocycles. The molecule has 2 aromatic rings. The lowest BCUT2D eigenvalue weighted by Crippen LogP contribution is -2.31. The average molecular weight is 306 g/mol. The minimum absolute atomic E-state index is 0.179. The number of nitrogens with two attached hydrogens (primary N) is 1. The highest BCUT2D eigenvalue weighted by atomic mass is 32.2. The maximum atomic E-state index is 12.2. The summed E-state index contributed by atoms with van der Waals surface area (Å²) in [6, 6.07) is 15.0. The van der Waals surface area contributed by atoms with Gasteiger partial charge in [-0.05, 0) is 23.3 Å². The molecule has 0 radical (unpaired) electrons. The molecule has 0 saturated heterocycles. The molecule has 0 fully saturated rings. The zero-order valence-corrected chi connectivity index (χ0v) is 12.3. The Balaban J connectivity index is 2.13. The summed E-state index contributed by atoms with van der Waals surface area (Å²) < 4.78 is 26.9. The Morgan fingerprint density at radius 3 is 2.43 bits per heavy atom. The molecular weight excluding hydrogens is 288 g/mol. The minimum Gasteiger partial charge on any atom is -0.399 e. The molecule has 2 rings (SSSR count). The fraction of sp³-hybridized carbons (Fsp3) is 0.200. The number of sulfonamides is 1. The van der Waals surface area contributed by atoms with Crippen molar-refractivity contribution in [1.82, 2.24) is 4.72 Å². The summed E-state index contributed by atoms with van der Waals surface area (Å²) in [6.07, 6.45) is 0. The van der Waals surface area contributed by atoms with Crippen molar-refractivity contribution in [3.8, 4) is 0 Å². The predicted molar refractivity (Wildman–Crippen MR) is 82.9 cm³/mol. The van der Waals surface area contributed by atoms with Gasteiger partial charge in [0.25, 0.3) is 0 Å². The normalized spacial score (nSPS) is 13.0. The molecular formula is C15H18N2O3S. The highest BCUT2D eigenvalue weighted by Crippen LogP contribution is 2.15. The monoisotopic (exact) mass is 306 g/mol. The number of nitrogens with one attached hydrogen (secondary N) is 1. The second-order valence-electron chi connectivity index (χ2n) is 4.77. The third-order valence-corrected chi connectivity index (χ3v) is 4.37. The quantitative estimate of drug-likeness (QED) is 0.704. The molecule has 0 aliphatic rings. The SMILES string of the molecule is Nc1cccc(CS(=O)(=O)N[C@H](CO)c2ccccc2)c1. The molecule has 0 spiro atoms. The van der Waals surface area contributed by atoms with E-state index >= 15 is 0 Å². The van der Waals surface area contributed by atoms with Crippen LogP contribution in [0, 0.1) is 0 Å². The number of aliphatic hydroxyl groups excluding tert-OH is 1. The molecule has 21 heavy (non-hydrogen) atoms. The van der Waals surface area contributed by atoms with Crippen LogP contribution in [0.2, 0.25) is 0 Å². The smallest absolute Gasteiger partial charge is 0.216 e. The van der Waals surface area contributed by atoms with Crippen LogP contribution in [-0.4, -0.2) is 20.1 Å². The maximum absolute atomic E-state index is 12.2. The van der Waals surface area contributed by atoms with E-state index in [4.69, 9.17) is 5.73 Å². The lowest BCUT2D eigenvalue weighted by molar-refractivity contribution is 0.259. The van der Waals surface area contributed by atoms with E-state index in [1.54, 1.807) is 48.5 Å². The van der Waals surface area contributed by atoms with Crippen molar-refractivity contribution < 1.29 is 13.5 Å². The van der Waals surface area contributed by atoms with Crippen molar-refractivity contribution in [2.45, 2.75) is 11.8 Å². The molecule has 0 amide bonds. The van der Waals surface area contributed by atoms with E-state index in [1.807, 2.05) is 6.07 Å². The van der Waals surface area contributed by atoms with E-state index in [1.165, 1.54) is 0 Å². The van der Waals surface area contributed by atoms with Crippen molar-refractivity contribution in [2.24, 2.45) is 0 Å². The third-order valence-electron chi connectivity index (χ3n) is 3.01. The van der Waals surface area contributed by atoms with Gasteiger partial charge in [-0.2, -0.15) is 0 Å². The summed E-state index contributed by atoms with van der Waals surface area (Å²) >= 11 is 0. The highest BCUT2D eigenvalue weighted by Gasteiger charge is 2.19. The number of anilines is 1. The molecule has 0 bridgehead atoms. The van der Waals surface area contributed by atoms with Crippen LogP contribution in [0.1, 0.15) is 17.2 Å². The van der Waals surface area contributed by atoms with Gasteiger partial charge in [0.1, 0.15) is 0 Å². The fourth-order valence-corrected chi connectivity index (χ4v) is 3.40. The van der Waals surface area contributed by atoms with Crippen LogP contribution in [-0.2, 0) is 15.8 Å². The largest absolute Gasteiger partial charge is 0.399 e. The summed E-state index contributed by atoms with van der Waals surface area (Å²) in [6.45, 7) is -0.305. The van der Waals surface area contributed by atoms with Crippen LogP contribution in [0.15, 0.2) is 54.6 Å². The Hall–Kier alpha value is -1.89. The molecule has 1 atom stereocenters. The second kappa shape index (κ2) is 6.71. The standard InChI is InChI=1S/C15H18N2O3S/c16-14-8-4-5-12(9-14)11-21(19,20)17-15(10-18)13-6-2-1-3-7-13/h1-9,15,17-18H,10-11,16H2/t15-/m1/s1. The summed E-state index contributed by atoms with van der Waals surface area (Å²) in [5, 5.41) is 9.41. The maximum Gasteiger partial charge on any atom is 0.216 e. The van der Waals surface area contributed by atoms with E-state index in [0.717, 1.165) is 5.56 Å². The van der Waals surface area contributed by atoms with Gasteiger partial charge in [0.05, 0.1) is 18.4 Å². The van der Waals surface area contributed by atoms with Crippen LogP contribution in [0.25, 0.3) is 0 Å². The van der Waals surface area contributed by atoms with E-state index in [0.29, 0.717) is 11.3 Å². The summed E-state index contributed by atoms with van der Waals surface area (Å²) in [5.41, 5.74) is 7.48. The van der Waals surface area contributed by atoms with Crippen LogP contribution in [0.3, 0.4) is 0 Å². The van der Waals surface area contributed by atoms with Gasteiger partial charge in [-0.3, -0.25) is 0 Å². The van der Waals surface area contributed by atoms with Gasteiger partial charge >= 0.3 is 0 Å².